The summed E-state index contributed by atoms with van der Waals surface area (Å²) in [4.78, 5) is 4.14. The Kier molecular flexibility index (Phi) is 5.83. The maximum atomic E-state index is 12.6. The lowest BCUT2D eigenvalue weighted by Gasteiger charge is -2.23. The molecule has 0 atom stereocenters. The number of likely N-dealkylation sites (N-methyl/N-ethyl adjacent to an activating group) is 1. The van der Waals surface area contributed by atoms with E-state index in [1.54, 1.807) is 6.20 Å². The zero-order chi connectivity index (χ0) is 21.1. The topological polar surface area (TPSA) is 47.3 Å². The summed E-state index contributed by atoms with van der Waals surface area (Å²) in [5.41, 5.74) is 0.530. The average Bonchev–Trinajstić information content (AvgIpc) is 3.09. The molecule has 0 amide bonds. The monoisotopic (exact) mass is 406 g/mol. The van der Waals surface area contributed by atoms with Crippen molar-refractivity contribution in [3.63, 3.8) is 0 Å². The molecular formula is C21H23F3N3O2+. The number of anilines is 2. The minimum atomic E-state index is -4.37. The third-order valence-electron chi connectivity index (χ3n) is 4.12. The van der Waals surface area contributed by atoms with Gasteiger partial charge in [0, 0.05) is 11.3 Å². The first-order valence-corrected chi connectivity index (χ1v) is 9.04. The second kappa shape index (κ2) is 8.16. The highest BCUT2D eigenvalue weighted by Crippen LogP contribution is 2.31. The number of nitrogens with zero attached hydrogens (tertiary/aromatic N) is 2. The van der Waals surface area contributed by atoms with E-state index in [2.05, 4.69) is 31.4 Å². The molecule has 0 unspecified atom stereocenters. The molecule has 1 heterocycles. The largest absolute Gasteiger partial charge is 0.488 e. The van der Waals surface area contributed by atoms with E-state index in [9.17, 15) is 13.2 Å². The lowest BCUT2D eigenvalue weighted by atomic mass is 10.2. The van der Waals surface area contributed by atoms with Crippen LogP contribution in [0.4, 0.5) is 24.9 Å². The van der Waals surface area contributed by atoms with Crippen LogP contribution in [0.2, 0.25) is 0 Å². The van der Waals surface area contributed by atoms with E-state index in [-0.39, 0.29) is 6.01 Å². The number of quaternary nitrogens is 1. The van der Waals surface area contributed by atoms with Crippen molar-refractivity contribution in [3.05, 3.63) is 60.3 Å². The van der Waals surface area contributed by atoms with Gasteiger partial charge in [0.05, 0.1) is 32.9 Å². The number of benzene rings is 2. The van der Waals surface area contributed by atoms with Crippen LogP contribution in [0.25, 0.3) is 11.3 Å². The quantitative estimate of drug-likeness (QED) is 0.549. The molecule has 3 rings (SSSR count). The molecule has 29 heavy (non-hydrogen) atoms. The van der Waals surface area contributed by atoms with Gasteiger partial charge in [0.2, 0.25) is 0 Å². The molecule has 1 aromatic heterocycles. The number of nitrogens with one attached hydrogen (secondary N) is 1. The van der Waals surface area contributed by atoms with E-state index in [1.165, 1.54) is 12.1 Å². The van der Waals surface area contributed by atoms with E-state index >= 15 is 0 Å². The third kappa shape index (κ3) is 5.99. The van der Waals surface area contributed by atoms with Crippen molar-refractivity contribution in [1.29, 1.82) is 0 Å². The standard InChI is InChI=1S/C21H23F3N3O2/c1-27(2,3)11-12-28-18-6-4-5-15(13-18)19-14-25-20(29-19)26-17-9-7-16(8-10-17)21(22,23)24/h4-10,13-14H,11-12H2,1-3H3,(H,25,26)/q+1. The van der Waals surface area contributed by atoms with Crippen molar-refractivity contribution in [2.45, 2.75) is 6.18 Å². The van der Waals surface area contributed by atoms with Crippen LogP contribution in [0.15, 0.2) is 59.1 Å². The van der Waals surface area contributed by atoms with Crippen LogP contribution >= 0.6 is 0 Å². The zero-order valence-corrected chi connectivity index (χ0v) is 16.5. The summed E-state index contributed by atoms with van der Waals surface area (Å²) < 4.78 is 50.2. The normalized spacial score (nSPS) is 12.1. The van der Waals surface area contributed by atoms with Gasteiger partial charge in [0.15, 0.2) is 5.76 Å². The Balaban J connectivity index is 1.66. The molecule has 5 nitrogen and oxygen atoms in total. The molecule has 0 aliphatic carbocycles. The summed E-state index contributed by atoms with van der Waals surface area (Å²) >= 11 is 0. The lowest BCUT2D eigenvalue weighted by molar-refractivity contribution is -0.870. The van der Waals surface area contributed by atoms with Crippen molar-refractivity contribution in [2.24, 2.45) is 0 Å². The summed E-state index contributed by atoms with van der Waals surface area (Å²) in [6.45, 7) is 1.46. The molecule has 0 aliphatic heterocycles. The van der Waals surface area contributed by atoms with E-state index in [4.69, 9.17) is 9.15 Å². The summed E-state index contributed by atoms with van der Waals surface area (Å²) in [5, 5.41) is 2.86. The minimum absolute atomic E-state index is 0.191. The second-order valence-electron chi connectivity index (χ2n) is 7.62. The Bertz CT molecular complexity index is 945. The van der Waals surface area contributed by atoms with Crippen molar-refractivity contribution in [1.82, 2.24) is 4.98 Å². The van der Waals surface area contributed by atoms with Crippen LogP contribution in [-0.4, -0.2) is 43.8 Å². The number of aromatic nitrogens is 1. The summed E-state index contributed by atoms with van der Waals surface area (Å²) in [5.74, 6) is 1.25. The van der Waals surface area contributed by atoms with Crippen LogP contribution < -0.4 is 10.1 Å². The zero-order valence-electron chi connectivity index (χ0n) is 16.5. The maximum absolute atomic E-state index is 12.6. The van der Waals surface area contributed by atoms with Crippen molar-refractivity contribution in [3.8, 4) is 17.1 Å². The number of hydrogen-bond acceptors (Lipinski definition) is 4. The number of oxazole rings is 1. The van der Waals surface area contributed by atoms with Gasteiger partial charge in [-0.25, -0.2) is 4.98 Å². The fourth-order valence-electron chi connectivity index (χ4n) is 2.51. The summed E-state index contributed by atoms with van der Waals surface area (Å²) in [7, 11) is 6.29. The molecule has 0 spiro atoms. The highest BCUT2D eigenvalue weighted by molar-refractivity contribution is 5.61. The van der Waals surface area contributed by atoms with E-state index < -0.39 is 11.7 Å². The second-order valence-corrected chi connectivity index (χ2v) is 7.62. The first kappa shape index (κ1) is 20.7. The molecule has 0 saturated carbocycles. The molecule has 0 aliphatic rings. The molecular weight excluding hydrogens is 383 g/mol. The first-order chi connectivity index (χ1) is 13.6. The highest BCUT2D eigenvalue weighted by atomic mass is 19.4. The molecule has 0 bridgehead atoms. The van der Waals surface area contributed by atoms with Crippen LogP contribution in [0, 0.1) is 0 Å². The third-order valence-corrected chi connectivity index (χ3v) is 4.12. The van der Waals surface area contributed by atoms with E-state index in [0.29, 0.717) is 18.1 Å². The van der Waals surface area contributed by atoms with Crippen molar-refractivity contribution >= 4 is 11.7 Å². The van der Waals surface area contributed by atoms with Gasteiger partial charge in [0.25, 0.3) is 6.01 Å². The van der Waals surface area contributed by atoms with Gasteiger partial charge >= 0.3 is 6.18 Å². The smallest absolute Gasteiger partial charge is 0.416 e. The fourth-order valence-corrected chi connectivity index (χ4v) is 2.51. The highest BCUT2D eigenvalue weighted by Gasteiger charge is 2.29. The van der Waals surface area contributed by atoms with E-state index in [1.807, 2.05) is 24.3 Å². The van der Waals surface area contributed by atoms with Gasteiger partial charge in [-0.3, -0.25) is 0 Å². The van der Waals surface area contributed by atoms with Crippen molar-refractivity contribution < 1.29 is 26.8 Å². The molecule has 2 aromatic carbocycles. The summed E-state index contributed by atoms with van der Waals surface area (Å²) in [6.07, 6.45) is -2.81. The predicted octanol–water partition coefficient (Wildman–Crippen LogP) is 5.19. The number of ether oxygens (including phenoxy) is 1. The predicted molar refractivity (Wildman–Crippen MR) is 105 cm³/mol. The van der Waals surface area contributed by atoms with Crippen molar-refractivity contribution in [2.75, 3.05) is 39.6 Å². The molecule has 8 heteroatoms. The molecule has 154 valence electrons. The Morgan fingerprint density at radius 2 is 1.79 bits per heavy atom. The Morgan fingerprint density at radius 1 is 1.07 bits per heavy atom. The van der Waals surface area contributed by atoms with Gasteiger partial charge in [-0.05, 0) is 36.4 Å². The van der Waals surface area contributed by atoms with Crippen LogP contribution in [0.3, 0.4) is 0 Å². The van der Waals surface area contributed by atoms with E-state index in [0.717, 1.165) is 34.5 Å². The molecule has 1 N–H and O–H groups in total. The van der Waals surface area contributed by atoms with Crippen LogP contribution in [-0.2, 0) is 6.18 Å². The molecule has 3 aromatic rings. The molecule has 0 fully saturated rings. The van der Waals surface area contributed by atoms with Crippen LogP contribution in [0.5, 0.6) is 5.75 Å². The van der Waals surface area contributed by atoms with Crippen LogP contribution in [0.1, 0.15) is 5.56 Å². The Labute approximate surface area is 167 Å². The lowest BCUT2D eigenvalue weighted by Crippen LogP contribution is -2.38. The summed E-state index contributed by atoms with van der Waals surface area (Å²) in [6, 6.07) is 12.3. The SMILES string of the molecule is C[N+](C)(C)CCOc1cccc(-c2cnc(Nc3ccc(C(F)(F)F)cc3)o2)c1. The number of alkyl halides is 3. The average molecular weight is 406 g/mol. The number of rotatable bonds is 7. The fraction of sp³-hybridized carbons (Fsp3) is 0.286. The minimum Gasteiger partial charge on any atom is -0.488 e. The molecule has 0 radical (unpaired) electrons. The van der Waals surface area contributed by atoms with Gasteiger partial charge in [-0.1, -0.05) is 12.1 Å². The van der Waals surface area contributed by atoms with Gasteiger partial charge in [-0.15, -0.1) is 0 Å². The maximum Gasteiger partial charge on any atom is 0.416 e. The van der Waals surface area contributed by atoms with Gasteiger partial charge < -0.3 is 19.0 Å². The Hall–Kier alpha value is -3.00. The molecule has 0 saturated heterocycles. The Morgan fingerprint density at radius 3 is 2.45 bits per heavy atom. The van der Waals surface area contributed by atoms with Gasteiger partial charge in [-0.2, -0.15) is 13.2 Å². The van der Waals surface area contributed by atoms with Gasteiger partial charge in [0.1, 0.15) is 18.9 Å². The number of halogens is 3. The number of hydrogen-bond donors (Lipinski definition) is 1. The first-order valence-electron chi connectivity index (χ1n) is 9.04.